The minimum atomic E-state index is -0.508. The van der Waals surface area contributed by atoms with Gasteiger partial charge in [0.1, 0.15) is 24.8 Å². The zero-order valence-electron chi connectivity index (χ0n) is 17.8. The third kappa shape index (κ3) is 4.60. The van der Waals surface area contributed by atoms with E-state index in [-0.39, 0.29) is 31.3 Å². The molecule has 0 unspecified atom stereocenters. The van der Waals surface area contributed by atoms with Gasteiger partial charge in [-0.05, 0) is 35.9 Å². The normalized spacial score (nSPS) is 11.2. The molecule has 1 N–H and O–H groups in total. The summed E-state index contributed by atoms with van der Waals surface area (Å²) in [5.41, 5.74) is 0.208. The first-order chi connectivity index (χ1) is 15.8. The van der Waals surface area contributed by atoms with Crippen molar-refractivity contribution in [3.8, 4) is 11.8 Å². The van der Waals surface area contributed by atoms with Crippen LogP contribution in [0.4, 0.5) is 4.39 Å². The third-order valence-electron chi connectivity index (χ3n) is 5.12. The molecule has 0 aliphatic rings. The van der Waals surface area contributed by atoms with Gasteiger partial charge in [-0.3, -0.25) is 13.9 Å². The van der Waals surface area contributed by atoms with Gasteiger partial charge in [-0.15, -0.1) is 0 Å². The lowest BCUT2D eigenvalue weighted by atomic mass is 10.2. The average Bonchev–Trinajstić information content (AvgIpc) is 3.11. The molecule has 0 bridgehead atoms. The highest BCUT2D eigenvalue weighted by Crippen LogP contribution is 2.27. The van der Waals surface area contributed by atoms with Crippen LogP contribution in [0.2, 0.25) is 10.0 Å². The number of H-pyrrole nitrogens is 1. The number of nitrogens with zero attached hydrogens (tertiary/aromatic N) is 3. The lowest BCUT2D eigenvalue weighted by Gasteiger charge is -2.07. The Kier molecular flexibility index (Phi) is 6.44. The molecule has 0 atom stereocenters. The van der Waals surface area contributed by atoms with Crippen LogP contribution >= 0.6 is 23.2 Å². The summed E-state index contributed by atoms with van der Waals surface area (Å²) in [6.07, 6.45) is 0. The van der Waals surface area contributed by atoms with Crippen molar-refractivity contribution in [3.63, 3.8) is 0 Å². The van der Waals surface area contributed by atoms with Gasteiger partial charge in [-0.2, -0.15) is 9.55 Å². The third-order valence-corrected chi connectivity index (χ3v) is 5.65. The fraction of sp³-hybridized carbons (Fsp3) is 0.227. The van der Waals surface area contributed by atoms with Crippen molar-refractivity contribution in [1.29, 1.82) is 0 Å². The van der Waals surface area contributed by atoms with Gasteiger partial charge in [0, 0.05) is 12.1 Å². The Labute approximate surface area is 197 Å². The summed E-state index contributed by atoms with van der Waals surface area (Å²) in [4.78, 5) is 28.9. The number of hydrogen-bond acceptors (Lipinski definition) is 4. The first kappa shape index (κ1) is 22.9. The van der Waals surface area contributed by atoms with Gasteiger partial charge in [0.2, 0.25) is 0 Å². The summed E-state index contributed by atoms with van der Waals surface area (Å²) in [5.74, 6) is 0.0763. The van der Waals surface area contributed by atoms with Crippen LogP contribution in [0.15, 0.2) is 52.1 Å². The Morgan fingerprint density at radius 1 is 1.06 bits per heavy atom. The summed E-state index contributed by atoms with van der Waals surface area (Å²) < 4.78 is 28.5. The molecule has 2 heterocycles. The number of aryl methyl sites for hydroxylation is 2. The van der Waals surface area contributed by atoms with Crippen LogP contribution in [0.25, 0.3) is 11.2 Å². The fourth-order valence-corrected chi connectivity index (χ4v) is 3.87. The number of rotatable bonds is 7. The minimum Gasteiger partial charge on any atom is -0.488 e. The van der Waals surface area contributed by atoms with Gasteiger partial charge >= 0.3 is 17.3 Å². The summed E-state index contributed by atoms with van der Waals surface area (Å²) in [5, 5.41) is 0.889. The molecule has 11 heteroatoms. The van der Waals surface area contributed by atoms with Gasteiger partial charge in [0.15, 0.2) is 0 Å². The highest BCUT2D eigenvalue weighted by atomic mass is 35.5. The van der Waals surface area contributed by atoms with Crippen LogP contribution in [-0.4, -0.2) is 27.3 Å². The first-order valence-electron chi connectivity index (χ1n) is 9.93. The van der Waals surface area contributed by atoms with Crippen molar-refractivity contribution in [2.24, 2.45) is 14.1 Å². The second-order valence-electron chi connectivity index (χ2n) is 7.32. The zero-order chi connectivity index (χ0) is 23.7. The van der Waals surface area contributed by atoms with Crippen LogP contribution in [0.5, 0.6) is 11.8 Å². The number of aromatic amines is 1. The largest absolute Gasteiger partial charge is 0.488 e. The van der Waals surface area contributed by atoms with Crippen LogP contribution in [0.3, 0.4) is 0 Å². The van der Waals surface area contributed by atoms with E-state index in [2.05, 4.69) is 4.98 Å². The monoisotopic (exact) mass is 493 g/mol. The van der Waals surface area contributed by atoms with E-state index in [1.807, 2.05) is 0 Å². The molecule has 0 radical (unpaired) electrons. The Morgan fingerprint density at radius 3 is 2.45 bits per heavy atom. The predicted octanol–water partition coefficient (Wildman–Crippen LogP) is 2.80. The molecular weight excluding hydrogens is 474 g/mol. The molecule has 0 saturated carbocycles. The van der Waals surface area contributed by atoms with Crippen molar-refractivity contribution < 1.29 is 18.4 Å². The Bertz CT molecular complexity index is 1440. The number of halogens is 3. The molecule has 0 saturated heterocycles. The highest BCUT2D eigenvalue weighted by Gasteiger charge is 2.25. The molecule has 2 aromatic carbocycles. The average molecular weight is 494 g/mol. The van der Waals surface area contributed by atoms with Crippen LogP contribution in [0, 0.1) is 5.82 Å². The number of benzene rings is 2. The molecule has 0 aliphatic carbocycles. The Hall–Kier alpha value is -3.30. The van der Waals surface area contributed by atoms with Crippen LogP contribution in [0.1, 0.15) is 5.56 Å². The Morgan fingerprint density at radius 2 is 1.76 bits per heavy atom. The van der Waals surface area contributed by atoms with E-state index < -0.39 is 17.1 Å². The molecule has 0 amide bonds. The van der Waals surface area contributed by atoms with Crippen LogP contribution < -0.4 is 25.3 Å². The molecule has 4 aromatic rings. The lowest BCUT2D eigenvalue weighted by molar-refractivity contribution is -0.651. The molecule has 8 nitrogen and oxygen atoms in total. The SMILES string of the molecule is Cn1c(=O)n(Cc2ccc(F)cc2)c(=O)c2c1[nH]c(OCCOc1ccc(Cl)cc1Cl)[n+]2C. The van der Waals surface area contributed by atoms with E-state index in [0.29, 0.717) is 27.0 Å². The minimum absolute atomic E-state index is 0.0127. The number of imidazole rings is 1. The Balaban J connectivity index is 1.56. The quantitative estimate of drug-likeness (QED) is 0.317. The summed E-state index contributed by atoms with van der Waals surface area (Å²) in [6.45, 7) is 0.348. The molecule has 0 spiro atoms. The molecule has 0 fully saturated rings. The standard InChI is InChI=1S/C22H19Cl2FN4O4/c1-27-18-19(26-21(27)33-10-9-32-17-8-5-14(23)11-16(17)24)28(2)22(31)29(20(18)30)12-13-3-6-15(25)7-4-13/h3-8,11H,9-10,12H2,1-2H3/p+1. The lowest BCUT2D eigenvalue weighted by Crippen LogP contribution is -2.43. The molecule has 33 heavy (non-hydrogen) atoms. The van der Waals surface area contributed by atoms with Crippen LogP contribution in [-0.2, 0) is 20.6 Å². The number of hydrogen-bond donors (Lipinski definition) is 1. The van der Waals surface area contributed by atoms with Gasteiger partial charge in [-0.25, -0.2) is 9.18 Å². The highest BCUT2D eigenvalue weighted by molar-refractivity contribution is 6.35. The van der Waals surface area contributed by atoms with Crippen molar-refractivity contribution in [2.75, 3.05) is 13.2 Å². The maximum absolute atomic E-state index is 13.2. The molecule has 4 rings (SSSR count). The second kappa shape index (κ2) is 9.29. The number of fused-ring (bicyclic) bond motifs is 1. The summed E-state index contributed by atoms with van der Waals surface area (Å²) in [6, 6.07) is 10.8. The van der Waals surface area contributed by atoms with Gasteiger partial charge < -0.3 is 9.47 Å². The first-order valence-corrected chi connectivity index (χ1v) is 10.7. The summed E-state index contributed by atoms with van der Waals surface area (Å²) in [7, 11) is 3.20. The van der Waals surface area contributed by atoms with E-state index in [1.54, 1.807) is 32.3 Å². The molecular formula is C22H20Cl2FN4O4+. The summed E-state index contributed by atoms with van der Waals surface area (Å²) >= 11 is 12.0. The van der Waals surface area contributed by atoms with E-state index in [4.69, 9.17) is 32.7 Å². The smallest absolute Gasteiger partial charge is 0.456 e. The molecule has 0 aliphatic heterocycles. The van der Waals surface area contributed by atoms with Crippen molar-refractivity contribution in [3.05, 3.63) is 84.7 Å². The van der Waals surface area contributed by atoms with Crippen molar-refractivity contribution >= 4 is 34.4 Å². The zero-order valence-corrected chi connectivity index (χ0v) is 19.3. The van der Waals surface area contributed by atoms with E-state index in [0.717, 1.165) is 4.57 Å². The maximum atomic E-state index is 13.2. The van der Waals surface area contributed by atoms with E-state index >= 15 is 0 Å². The number of nitrogens with one attached hydrogen (secondary N) is 1. The van der Waals surface area contributed by atoms with Crippen molar-refractivity contribution in [2.45, 2.75) is 6.54 Å². The second-order valence-corrected chi connectivity index (χ2v) is 8.16. The van der Waals surface area contributed by atoms with Gasteiger partial charge in [-0.1, -0.05) is 35.3 Å². The number of aromatic nitrogens is 4. The molecule has 172 valence electrons. The number of ether oxygens (including phenoxy) is 2. The van der Waals surface area contributed by atoms with E-state index in [9.17, 15) is 14.0 Å². The van der Waals surface area contributed by atoms with E-state index in [1.165, 1.54) is 33.4 Å². The van der Waals surface area contributed by atoms with Crippen molar-refractivity contribution in [1.82, 2.24) is 14.1 Å². The fourth-order valence-electron chi connectivity index (χ4n) is 3.41. The predicted molar refractivity (Wildman–Crippen MR) is 122 cm³/mol. The van der Waals surface area contributed by atoms with Gasteiger partial charge in [0.25, 0.3) is 11.2 Å². The topological polar surface area (TPSA) is 82.1 Å². The van der Waals surface area contributed by atoms with Gasteiger partial charge in [0.05, 0.1) is 18.6 Å². The molecule has 2 aromatic heterocycles. The maximum Gasteiger partial charge on any atom is 0.456 e.